The van der Waals surface area contributed by atoms with Crippen molar-refractivity contribution in [2.45, 2.75) is 26.4 Å². The highest BCUT2D eigenvalue weighted by Crippen LogP contribution is 2.07. The maximum atomic E-state index is 5.72. The number of nitrogens with two attached hydrogens (primary N) is 1. The van der Waals surface area contributed by atoms with Gasteiger partial charge in [-0.2, -0.15) is 0 Å². The molecule has 3 heteroatoms. The van der Waals surface area contributed by atoms with Gasteiger partial charge in [0.15, 0.2) is 0 Å². The van der Waals surface area contributed by atoms with E-state index in [2.05, 4.69) is 16.8 Å². The maximum absolute atomic E-state index is 5.72. The van der Waals surface area contributed by atoms with Gasteiger partial charge in [-0.25, -0.2) is 4.98 Å². The molecule has 1 aromatic heterocycles. The van der Waals surface area contributed by atoms with Crippen LogP contribution in [0, 0.1) is 11.8 Å². The molecule has 0 fully saturated rings. The van der Waals surface area contributed by atoms with E-state index in [9.17, 15) is 0 Å². The quantitative estimate of drug-likeness (QED) is 0.659. The Balaban J connectivity index is 2.81. The van der Waals surface area contributed by atoms with E-state index in [-0.39, 0.29) is 6.04 Å². The van der Waals surface area contributed by atoms with Gasteiger partial charge in [0.1, 0.15) is 0 Å². The fraction of sp³-hybridized carbons (Fsp3) is 0.444. The third-order valence-corrected chi connectivity index (χ3v) is 1.64. The van der Waals surface area contributed by atoms with Crippen LogP contribution >= 0.6 is 0 Å². The predicted molar refractivity (Wildman–Crippen MR) is 48.3 cm³/mol. The number of hydrogen-bond acceptors (Lipinski definition) is 2. The number of rotatable bonds is 2. The van der Waals surface area contributed by atoms with Crippen molar-refractivity contribution in [3.05, 3.63) is 18.2 Å². The lowest BCUT2D eigenvalue weighted by Crippen LogP contribution is -2.11. The van der Waals surface area contributed by atoms with Crippen molar-refractivity contribution in [2.24, 2.45) is 5.73 Å². The van der Waals surface area contributed by atoms with Crippen LogP contribution < -0.4 is 5.73 Å². The molecule has 1 aromatic rings. The summed E-state index contributed by atoms with van der Waals surface area (Å²) in [5.41, 5.74) is 6.75. The van der Waals surface area contributed by atoms with E-state index < -0.39 is 0 Å². The molecule has 1 heterocycles. The van der Waals surface area contributed by atoms with Gasteiger partial charge in [-0.1, -0.05) is 5.92 Å². The molecule has 0 saturated carbocycles. The smallest absolute Gasteiger partial charge is 0.0957 e. The van der Waals surface area contributed by atoms with Crippen molar-refractivity contribution < 1.29 is 0 Å². The zero-order valence-corrected chi connectivity index (χ0v) is 7.41. The van der Waals surface area contributed by atoms with Crippen LogP contribution in [-0.4, -0.2) is 9.55 Å². The summed E-state index contributed by atoms with van der Waals surface area (Å²) in [6.45, 7) is 4.43. The fourth-order valence-electron chi connectivity index (χ4n) is 1.01. The summed E-state index contributed by atoms with van der Waals surface area (Å²) >= 11 is 0. The minimum Gasteiger partial charge on any atom is -0.323 e. The molecule has 1 atom stereocenters. The second-order valence-electron chi connectivity index (χ2n) is 2.66. The van der Waals surface area contributed by atoms with Crippen molar-refractivity contribution in [1.82, 2.24) is 9.55 Å². The molecule has 0 aliphatic carbocycles. The molecule has 0 aliphatic heterocycles. The minimum atomic E-state index is 0.0196. The highest BCUT2D eigenvalue weighted by Gasteiger charge is 2.04. The Morgan fingerprint density at radius 2 is 2.50 bits per heavy atom. The highest BCUT2D eigenvalue weighted by molar-refractivity contribution is 5.06. The lowest BCUT2D eigenvalue weighted by Gasteiger charge is -2.06. The number of imidazole rings is 1. The van der Waals surface area contributed by atoms with Gasteiger partial charge in [-0.3, -0.25) is 0 Å². The predicted octanol–water partition coefficient (Wildman–Crippen LogP) is 0.926. The number of aromatic nitrogens is 2. The van der Waals surface area contributed by atoms with Crippen molar-refractivity contribution in [3.8, 4) is 11.8 Å². The Morgan fingerprint density at radius 3 is 3.08 bits per heavy atom. The average molecular weight is 163 g/mol. The molecule has 0 aliphatic rings. The topological polar surface area (TPSA) is 43.8 Å². The van der Waals surface area contributed by atoms with Gasteiger partial charge in [-0.05, 0) is 13.8 Å². The molecule has 0 saturated heterocycles. The van der Waals surface area contributed by atoms with E-state index in [0.29, 0.717) is 6.54 Å². The van der Waals surface area contributed by atoms with Crippen molar-refractivity contribution in [2.75, 3.05) is 0 Å². The van der Waals surface area contributed by atoms with Gasteiger partial charge < -0.3 is 10.3 Å². The molecular weight excluding hydrogens is 150 g/mol. The van der Waals surface area contributed by atoms with E-state index in [0.717, 1.165) is 5.69 Å². The Kier molecular flexibility index (Phi) is 2.89. The molecular formula is C9H13N3. The molecule has 2 N–H and O–H groups in total. The zero-order valence-electron chi connectivity index (χ0n) is 7.41. The van der Waals surface area contributed by atoms with Gasteiger partial charge in [0, 0.05) is 12.2 Å². The molecule has 0 radical (unpaired) electrons. The van der Waals surface area contributed by atoms with Crippen molar-refractivity contribution in [3.63, 3.8) is 0 Å². The van der Waals surface area contributed by atoms with Crippen LogP contribution in [0.5, 0.6) is 0 Å². The molecule has 0 spiro atoms. The molecule has 3 nitrogen and oxygen atoms in total. The first kappa shape index (κ1) is 8.82. The normalized spacial score (nSPS) is 11.9. The molecule has 12 heavy (non-hydrogen) atoms. The van der Waals surface area contributed by atoms with Gasteiger partial charge in [0.2, 0.25) is 0 Å². The lowest BCUT2D eigenvalue weighted by molar-refractivity contribution is 0.690. The number of hydrogen-bond donors (Lipinski definition) is 1. The van der Waals surface area contributed by atoms with Crippen LogP contribution in [-0.2, 0) is 6.54 Å². The summed E-state index contributed by atoms with van der Waals surface area (Å²) in [7, 11) is 0. The SMILES string of the molecule is CC#CCn1cncc1[C@H](C)N. The summed E-state index contributed by atoms with van der Waals surface area (Å²) in [4.78, 5) is 4.01. The minimum absolute atomic E-state index is 0.0196. The zero-order chi connectivity index (χ0) is 8.97. The summed E-state index contributed by atoms with van der Waals surface area (Å²) < 4.78 is 1.96. The maximum Gasteiger partial charge on any atom is 0.0957 e. The Morgan fingerprint density at radius 1 is 1.75 bits per heavy atom. The Labute approximate surface area is 72.6 Å². The van der Waals surface area contributed by atoms with Gasteiger partial charge in [-0.15, -0.1) is 5.92 Å². The second kappa shape index (κ2) is 3.93. The lowest BCUT2D eigenvalue weighted by atomic mass is 10.3. The monoisotopic (exact) mass is 163 g/mol. The third kappa shape index (κ3) is 1.86. The van der Waals surface area contributed by atoms with Crippen LogP contribution in [0.1, 0.15) is 25.6 Å². The molecule has 0 bridgehead atoms. The third-order valence-electron chi connectivity index (χ3n) is 1.64. The van der Waals surface area contributed by atoms with Crippen LogP contribution in [0.4, 0.5) is 0 Å². The molecule has 0 unspecified atom stereocenters. The van der Waals surface area contributed by atoms with Crippen LogP contribution in [0.25, 0.3) is 0 Å². The van der Waals surface area contributed by atoms with Crippen molar-refractivity contribution >= 4 is 0 Å². The van der Waals surface area contributed by atoms with E-state index >= 15 is 0 Å². The van der Waals surface area contributed by atoms with E-state index in [1.54, 1.807) is 12.5 Å². The summed E-state index contributed by atoms with van der Waals surface area (Å²) in [6, 6.07) is 0.0196. The first-order valence-electron chi connectivity index (χ1n) is 3.91. The standard InChI is InChI=1S/C9H13N3/c1-3-4-5-12-7-11-6-9(12)8(2)10/h6-8H,5,10H2,1-2H3/t8-/m0/s1. The van der Waals surface area contributed by atoms with Crippen LogP contribution in [0.15, 0.2) is 12.5 Å². The largest absolute Gasteiger partial charge is 0.323 e. The molecule has 0 amide bonds. The fourth-order valence-corrected chi connectivity index (χ4v) is 1.01. The summed E-state index contributed by atoms with van der Waals surface area (Å²) in [5, 5.41) is 0. The van der Waals surface area contributed by atoms with Crippen molar-refractivity contribution in [1.29, 1.82) is 0 Å². The van der Waals surface area contributed by atoms with E-state index in [4.69, 9.17) is 5.73 Å². The van der Waals surface area contributed by atoms with Gasteiger partial charge >= 0.3 is 0 Å². The Hall–Kier alpha value is -1.27. The van der Waals surface area contributed by atoms with Crippen LogP contribution in [0.2, 0.25) is 0 Å². The first-order chi connectivity index (χ1) is 5.75. The first-order valence-corrected chi connectivity index (χ1v) is 3.91. The molecule has 64 valence electrons. The summed E-state index contributed by atoms with van der Waals surface area (Å²) in [6.07, 6.45) is 3.53. The average Bonchev–Trinajstić information content (AvgIpc) is 2.48. The Bertz CT molecular complexity index is 301. The second-order valence-corrected chi connectivity index (χ2v) is 2.66. The van der Waals surface area contributed by atoms with Gasteiger partial charge in [0.25, 0.3) is 0 Å². The van der Waals surface area contributed by atoms with Crippen LogP contribution in [0.3, 0.4) is 0 Å². The number of nitrogens with zero attached hydrogens (tertiary/aromatic N) is 2. The molecule has 0 aromatic carbocycles. The van der Waals surface area contributed by atoms with E-state index in [1.807, 2.05) is 18.4 Å². The van der Waals surface area contributed by atoms with E-state index in [1.165, 1.54) is 0 Å². The molecule has 1 rings (SSSR count). The van der Waals surface area contributed by atoms with Gasteiger partial charge in [0.05, 0.1) is 18.6 Å². The summed E-state index contributed by atoms with van der Waals surface area (Å²) in [5.74, 6) is 5.80. The highest BCUT2D eigenvalue weighted by atomic mass is 15.1.